The summed E-state index contributed by atoms with van der Waals surface area (Å²) < 4.78 is 19.1. The molecule has 0 bridgehead atoms. The number of benzene rings is 2. The van der Waals surface area contributed by atoms with Crippen molar-refractivity contribution >= 4 is 5.97 Å². The molecule has 0 aromatic heterocycles. The summed E-state index contributed by atoms with van der Waals surface area (Å²) >= 11 is 0. The number of aromatic carboxylic acids is 1. The summed E-state index contributed by atoms with van der Waals surface area (Å²) in [5.41, 5.74) is 1.60. The Morgan fingerprint density at radius 2 is 2.09 bits per heavy atom. The largest absolute Gasteiger partial charge is 0.478 e. The van der Waals surface area contributed by atoms with Crippen molar-refractivity contribution in [1.82, 2.24) is 0 Å². The second-order valence-electron chi connectivity index (χ2n) is 4.63. The number of rotatable bonds is 5. The molecule has 0 saturated carbocycles. The monoisotopic (exact) mass is 299 g/mol. The summed E-state index contributed by atoms with van der Waals surface area (Å²) in [5, 5.41) is 18.0. The molecule has 0 aliphatic rings. The summed E-state index contributed by atoms with van der Waals surface area (Å²) in [5.74, 6) is -1.77. The van der Waals surface area contributed by atoms with Gasteiger partial charge in [0.15, 0.2) is 0 Å². The SMILES string of the molecule is CCOCc1ccc(C(=O)O)c(-c2ccc(C#N)c(F)c2)c1. The Hall–Kier alpha value is -2.71. The lowest BCUT2D eigenvalue weighted by atomic mass is 9.96. The molecule has 5 heteroatoms. The number of nitrogens with zero attached hydrogens (tertiary/aromatic N) is 1. The predicted molar refractivity (Wildman–Crippen MR) is 78.8 cm³/mol. The van der Waals surface area contributed by atoms with Crippen molar-refractivity contribution < 1.29 is 19.0 Å². The Morgan fingerprint density at radius 1 is 1.32 bits per heavy atom. The van der Waals surface area contributed by atoms with Crippen LogP contribution >= 0.6 is 0 Å². The van der Waals surface area contributed by atoms with Gasteiger partial charge in [-0.2, -0.15) is 5.26 Å². The van der Waals surface area contributed by atoms with Crippen LogP contribution in [0.3, 0.4) is 0 Å². The summed E-state index contributed by atoms with van der Waals surface area (Å²) in [7, 11) is 0. The van der Waals surface area contributed by atoms with Gasteiger partial charge in [-0.05, 0) is 47.9 Å². The minimum atomic E-state index is -1.09. The Bertz CT molecular complexity index is 750. The van der Waals surface area contributed by atoms with Crippen LogP contribution in [0.5, 0.6) is 0 Å². The van der Waals surface area contributed by atoms with E-state index < -0.39 is 11.8 Å². The smallest absolute Gasteiger partial charge is 0.336 e. The number of carbonyl (C=O) groups is 1. The van der Waals surface area contributed by atoms with E-state index in [1.54, 1.807) is 18.2 Å². The molecular weight excluding hydrogens is 285 g/mol. The number of carboxylic acids is 1. The first-order valence-electron chi connectivity index (χ1n) is 6.70. The maximum absolute atomic E-state index is 13.8. The molecule has 0 unspecified atom stereocenters. The Labute approximate surface area is 127 Å². The fourth-order valence-electron chi connectivity index (χ4n) is 2.10. The van der Waals surface area contributed by atoms with Crippen LogP contribution in [0, 0.1) is 17.1 Å². The molecule has 0 heterocycles. The second kappa shape index (κ2) is 6.83. The number of carboxylic acid groups (broad SMARTS) is 1. The molecule has 4 nitrogen and oxygen atoms in total. The normalized spacial score (nSPS) is 10.2. The third-order valence-electron chi connectivity index (χ3n) is 3.19. The van der Waals surface area contributed by atoms with Crippen molar-refractivity contribution in [2.75, 3.05) is 6.61 Å². The van der Waals surface area contributed by atoms with Crippen LogP contribution in [-0.4, -0.2) is 17.7 Å². The van der Waals surface area contributed by atoms with Crippen molar-refractivity contribution in [2.24, 2.45) is 0 Å². The molecule has 0 spiro atoms. The number of ether oxygens (including phenoxy) is 1. The molecule has 0 aliphatic carbocycles. The fourth-order valence-corrected chi connectivity index (χ4v) is 2.10. The maximum Gasteiger partial charge on any atom is 0.336 e. The van der Waals surface area contributed by atoms with Gasteiger partial charge in [0.2, 0.25) is 0 Å². The molecule has 2 aromatic carbocycles. The molecule has 0 radical (unpaired) electrons. The topological polar surface area (TPSA) is 70.3 Å². The molecular formula is C17H14FNO3. The van der Waals surface area contributed by atoms with Crippen molar-refractivity contribution in [3.05, 3.63) is 58.9 Å². The standard InChI is InChI=1S/C17H14FNO3/c1-2-22-10-11-3-6-14(17(20)21)15(7-11)12-4-5-13(9-19)16(18)8-12/h3-8H,2,10H2,1H3,(H,20,21). The first kappa shape index (κ1) is 15.7. The van der Waals surface area contributed by atoms with E-state index in [-0.39, 0.29) is 11.1 Å². The van der Waals surface area contributed by atoms with Crippen LogP contribution in [0.15, 0.2) is 36.4 Å². The highest BCUT2D eigenvalue weighted by Gasteiger charge is 2.14. The highest BCUT2D eigenvalue weighted by atomic mass is 19.1. The number of nitriles is 1. The van der Waals surface area contributed by atoms with Crippen molar-refractivity contribution in [3.63, 3.8) is 0 Å². The van der Waals surface area contributed by atoms with Gasteiger partial charge in [-0.15, -0.1) is 0 Å². The summed E-state index contributed by atoms with van der Waals surface area (Å²) in [6, 6.07) is 10.6. The van der Waals surface area contributed by atoms with Crippen molar-refractivity contribution in [3.8, 4) is 17.2 Å². The number of halogens is 1. The average molecular weight is 299 g/mol. The second-order valence-corrected chi connectivity index (χ2v) is 4.63. The molecule has 0 atom stereocenters. The zero-order valence-electron chi connectivity index (χ0n) is 12.0. The summed E-state index contributed by atoms with van der Waals surface area (Å²) in [6.45, 7) is 2.76. The molecule has 2 aromatic rings. The van der Waals surface area contributed by atoms with E-state index in [2.05, 4.69) is 0 Å². The maximum atomic E-state index is 13.8. The lowest BCUT2D eigenvalue weighted by Gasteiger charge is -2.10. The molecule has 0 fully saturated rings. The third kappa shape index (κ3) is 3.30. The minimum Gasteiger partial charge on any atom is -0.478 e. The van der Waals surface area contributed by atoms with E-state index in [4.69, 9.17) is 10.00 Å². The van der Waals surface area contributed by atoms with E-state index in [1.807, 2.05) is 6.92 Å². The fraction of sp³-hybridized carbons (Fsp3) is 0.176. The minimum absolute atomic E-state index is 0.0735. The number of hydrogen-bond acceptors (Lipinski definition) is 3. The van der Waals surface area contributed by atoms with E-state index in [9.17, 15) is 14.3 Å². The Balaban J connectivity index is 2.53. The predicted octanol–water partition coefficient (Wildman–Crippen LogP) is 3.60. The zero-order chi connectivity index (χ0) is 16.1. The van der Waals surface area contributed by atoms with Crippen LogP contribution in [0.2, 0.25) is 0 Å². The van der Waals surface area contributed by atoms with Gasteiger partial charge in [0, 0.05) is 6.61 Å². The lowest BCUT2D eigenvalue weighted by Crippen LogP contribution is -2.02. The number of hydrogen-bond donors (Lipinski definition) is 1. The van der Waals surface area contributed by atoms with E-state index in [0.29, 0.717) is 24.3 Å². The van der Waals surface area contributed by atoms with Gasteiger partial charge < -0.3 is 9.84 Å². The molecule has 0 saturated heterocycles. The lowest BCUT2D eigenvalue weighted by molar-refractivity contribution is 0.0697. The van der Waals surface area contributed by atoms with Crippen LogP contribution in [0.1, 0.15) is 28.4 Å². The first-order chi connectivity index (χ1) is 10.6. The average Bonchev–Trinajstić information content (AvgIpc) is 2.52. The van der Waals surface area contributed by atoms with E-state index >= 15 is 0 Å². The van der Waals surface area contributed by atoms with Gasteiger partial charge in [-0.3, -0.25) is 0 Å². The van der Waals surface area contributed by atoms with Gasteiger partial charge in [-0.25, -0.2) is 9.18 Å². The van der Waals surface area contributed by atoms with Gasteiger partial charge in [0.25, 0.3) is 0 Å². The van der Waals surface area contributed by atoms with Crippen LogP contribution in [0.4, 0.5) is 4.39 Å². The van der Waals surface area contributed by atoms with Gasteiger partial charge in [0.1, 0.15) is 11.9 Å². The summed E-state index contributed by atoms with van der Waals surface area (Å²) in [6.07, 6.45) is 0. The van der Waals surface area contributed by atoms with Crippen molar-refractivity contribution in [2.45, 2.75) is 13.5 Å². The molecule has 1 N–H and O–H groups in total. The van der Waals surface area contributed by atoms with Crippen LogP contribution in [-0.2, 0) is 11.3 Å². The van der Waals surface area contributed by atoms with Gasteiger partial charge >= 0.3 is 5.97 Å². The van der Waals surface area contributed by atoms with Crippen LogP contribution < -0.4 is 0 Å². The molecule has 2 rings (SSSR count). The molecule has 0 aliphatic heterocycles. The molecule has 0 amide bonds. The van der Waals surface area contributed by atoms with Crippen LogP contribution in [0.25, 0.3) is 11.1 Å². The quantitative estimate of drug-likeness (QED) is 0.915. The Morgan fingerprint density at radius 3 is 2.68 bits per heavy atom. The van der Waals surface area contributed by atoms with E-state index in [1.165, 1.54) is 24.3 Å². The van der Waals surface area contributed by atoms with Gasteiger partial charge in [-0.1, -0.05) is 12.1 Å². The summed E-state index contributed by atoms with van der Waals surface area (Å²) in [4.78, 5) is 11.4. The first-order valence-corrected chi connectivity index (χ1v) is 6.70. The highest BCUT2D eigenvalue weighted by Crippen LogP contribution is 2.27. The van der Waals surface area contributed by atoms with Crippen molar-refractivity contribution in [1.29, 1.82) is 5.26 Å². The highest BCUT2D eigenvalue weighted by molar-refractivity contribution is 5.96. The van der Waals surface area contributed by atoms with E-state index in [0.717, 1.165) is 5.56 Å². The molecule has 112 valence electrons. The molecule has 22 heavy (non-hydrogen) atoms. The Kier molecular flexibility index (Phi) is 4.87. The van der Waals surface area contributed by atoms with Gasteiger partial charge in [0.05, 0.1) is 17.7 Å². The third-order valence-corrected chi connectivity index (χ3v) is 3.19. The zero-order valence-corrected chi connectivity index (χ0v) is 12.0.